The lowest BCUT2D eigenvalue weighted by Gasteiger charge is -2.17. The number of carbonyl (C=O) groups is 1. The SMILES string of the molecule is NC(=O)c1nc(C2CCCCC2)oc1N. The number of anilines is 1. The predicted octanol–water partition coefficient (Wildman–Crippen LogP) is 1.40. The fraction of sp³-hybridized carbons (Fsp3) is 0.600. The minimum Gasteiger partial charge on any atom is -0.424 e. The van der Waals surface area contributed by atoms with Gasteiger partial charge >= 0.3 is 0 Å². The second-order valence-corrected chi connectivity index (χ2v) is 3.96. The highest BCUT2D eigenvalue weighted by Gasteiger charge is 2.23. The van der Waals surface area contributed by atoms with Crippen molar-refractivity contribution in [1.82, 2.24) is 4.98 Å². The summed E-state index contributed by atoms with van der Waals surface area (Å²) in [7, 11) is 0. The number of oxazole rings is 1. The molecule has 1 saturated carbocycles. The molecule has 1 amide bonds. The molecule has 1 aromatic heterocycles. The van der Waals surface area contributed by atoms with Crippen LogP contribution in [0.3, 0.4) is 0 Å². The number of nitrogen functional groups attached to an aromatic ring is 1. The molecular formula is C10H15N3O2. The van der Waals surface area contributed by atoms with Gasteiger partial charge in [0.25, 0.3) is 5.91 Å². The first-order chi connectivity index (χ1) is 7.18. The molecule has 0 radical (unpaired) electrons. The van der Waals surface area contributed by atoms with E-state index in [1.807, 2.05) is 0 Å². The van der Waals surface area contributed by atoms with Gasteiger partial charge in [0.1, 0.15) is 0 Å². The van der Waals surface area contributed by atoms with Gasteiger partial charge < -0.3 is 15.9 Å². The molecule has 82 valence electrons. The van der Waals surface area contributed by atoms with Crippen molar-refractivity contribution < 1.29 is 9.21 Å². The van der Waals surface area contributed by atoms with Crippen LogP contribution in [0.25, 0.3) is 0 Å². The molecule has 2 rings (SSSR count). The van der Waals surface area contributed by atoms with Crippen molar-refractivity contribution in [2.24, 2.45) is 5.73 Å². The zero-order valence-corrected chi connectivity index (χ0v) is 8.53. The third-order valence-corrected chi connectivity index (χ3v) is 2.86. The smallest absolute Gasteiger partial charge is 0.272 e. The van der Waals surface area contributed by atoms with Crippen LogP contribution < -0.4 is 11.5 Å². The molecule has 0 aliphatic heterocycles. The first kappa shape index (κ1) is 10.0. The first-order valence-electron chi connectivity index (χ1n) is 5.24. The Bertz CT molecular complexity index is 367. The van der Waals surface area contributed by atoms with Crippen LogP contribution >= 0.6 is 0 Å². The van der Waals surface area contributed by atoms with Crippen molar-refractivity contribution >= 4 is 11.8 Å². The molecule has 0 saturated heterocycles. The van der Waals surface area contributed by atoms with E-state index in [-0.39, 0.29) is 11.6 Å². The molecule has 5 heteroatoms. The number of carbonyl (C=O) groups excluding carboxylic acids is 1. The summed E-state index contributed by atoms with van der Waals surface area (Å²) >= 11 is 0. The highest BCUT2D eigenvalue weighted by Crippen LogP contribution is 2.33. The monoisotopic (exact) mass is 209 g/mol. The Morgan fingerprint density at radius 3 is 2.53 bits per heavy atom. The minimum absolute atomic E-state index is 0.0445. The van der Waals surface area contributed by atoms with Crippen LogP contribution in [0.4, 0.5) is 5.88 Å². The summed E-state index contributed by atoms with van der Waals surface area (Å²) in [5.41, 5.74) is 10.7. The summed E-state index contributed by atoms with van der Waals surface area (Å²) in [6.07, 6.45) is 5.73. The number of primary amides is 1. The summed E-state index contributed by atoms with van der Waals surface area (Å²) in [4.78, 5) is 15.0. The van der Waals surface area contributed by atoms with Crippen LogP contribution in [0.5, 0.6) is 0 Å². The lowest BCUT2D eigenvalue weighted by Crippen LogP contribution is -2.13. The maximum atomic E-state index is 10.9. The van der Waals surface area contributed by atoms with Crippen molar-refractivity contribution in [3.63, 3.8) is 0 Å². The van der Waals surface area contributed by atoms with E-state index in [0.717, 1.165) is 12.8 Å². The fourth-order valence-electron chi connectivity index (χ4n) is 2.05. The number of aromatic nitrogens is 1. The van der Waals surface area contributed by atoms with E-state index in [9.17, 15) is 4.79 Å². The van der Waals surface area contributed by atoms with Gasteiger partial charge in [-0.25, -0.2) is 4.98 Å². The summed E-state index contributed by atoms with van der Waals surface area (Å²) in [5, 5.41) is 0. The maximum absolute atomic E-state index is 10.9. The van der Waals surface area contributed by atoms with Crippen molar-refractivity contribution in [3.05, 3.63) is 11.6 Å². The van der Waals surface area contributed by atoms with Gasteiger partial charge in [0.2, 0.25) is 11.8 Å². The van der Waals surface area contributed by atoms with E-state index in [1.165, 1.54) is 19.3 Å². The lowest BCUT2D eigenvalue weighted by molar-refractivity contribution is 0.0996. The molecular weight excluding hydrogens is 194 g/mol. The van der Waals surface area contributed by atoms with Gasteiger partial charge in [-0.05, 0) is 12.8 Å². The Balaban J connectivity index is 2.21. The third kappa shape index (κ3) is 1.95. The summed E-state index contributed by atoms with van der Waals surface area (Å²) < 4.78 is 5.28. The van der Waals surface area contributed by atoms with Crippen molar-refractivity contribution in [3.8, 4) is 0 Å². The maximum Gasteiger partial charge on any atom is 0.272 e. The van der Waals surface area contributed by atoms with Crippen LogP contribution in [-0.4, -0.2) is 10.9 Å². The molecule has 1 aromatic rings. The Morgan fingerprint density at radius 1 is 1.33 bits per heavy atom. The van der Waals surface area contributed by atoms with Gasteiger partial charge in [0.15, 0.2) is 5.69 Å². The molecule has 0 atom stereocenters. The second kappa shape index (κ2) is 3.92. The molecule has 0 aromatic carbocycles. The Kier molecular flexibility index (Phi) is 2.62. The van der Waals surface area contributed by atoms with E-state index in [4.69, 9.17) is 15.9 Å². The number of rotatable bonds is 2. The Morgan fingerprint density at radius 2 is 2.00 bits per heavy atom. The number of amides is 1. The van der Waals surface area contributed by atoms with Crippen molar-refractivity contribution in [1.29, 1.82) is 0 Å². The number of nitrogens with zero attached hydrogens (tertiary/aromatic N) is 1. The Labute approximate surface area is 87.8 Å². The molecule has 1 aliphatic rings. The van der Waals surface area contributed by atoms with Crippen LogP contribution in [0, 0.1) is 0 Å². The van der Waals surface area contributed by atoms with Crippen LogP contribution in [0.2, 0.25) is 0 Å². The summed E-state index contributed by atoms with van der Waals surface area (Å²) in [6.45, 7) is 0. The lowest BCUT2D eigenvalue weighted by atomic mass is 9.89. The highest BCUT2D eigenvalue weighted by molar-refractivity contribution is 5.94. The molecule has 0 unspecified atom stereocenters. The summed E-state index contributed by atoms with van der Waals surface area (Å²) in [6, 6.07) is 0. The van der Waals surface area contributed by atoms with Crippen LogP contribution in [0.1, 0.15) is 54.4 Å². The van der Waals surface area contributed by atoms with Gasteiger partial charge in [0, 0.05) is 5.92 Å². The zero-order chi connectivity index (χ0) is 10.8. The normalized spacial score (nSPS) is 17.9. The Hall–Kier alpha value is -1.52. The van der Waals surface area contributed by atoms with Gasteiger partial charge in [-0.15, -0.1) is 0 Å². The number of nitrogens with two attached hydrogens (primary N) is 2. The van der Waals surface area contributed by atoms with E-state index in [1.54, 1.807) is 0 Å². The minimum atomic E-state index is -0.627. The quantitative estimate of drug-likeness (QED) is 0.769. The van der Waals surface area contributed by atoms with Gasteiger partial charge in [-0.3, -0.25) is 4.79 Å². The van der Waals surface area contributed by atoms with Gasteiger partial charge in [-0.2, -0.15) is 0 Å². The van der Waals surface area contributed by atoms with Crippen molar-refractivity contribution in [2.45, 2.75) is 38.0 Å². The molecule has 5 nitrogen and oxygen atoms in total. The second-order valence-electron chi connectivity index (χ2n) is 3.96. The molecule has 0 spiro atoms. The van der Waals surface area contributed by atoms with E-state index in [0.29, 0.717) is 11.8 Å². The zero-order valence-electron chi connectivity index (χ0n) is 8.53. The average molecular weight is 209 g/mol. The predicted molar refractivity (Wildman–Crippen MR) is 55.3 cm³/mol. The molecule has 1 aliphatic carbocycles. The van der Waals surface area contributed by atoms with E-state index in [2.05, 4.69) is 4.98 Å². The molecule has 1 heterocycles. The molecule has 15 heavy (non-hydrogen) atoms. The number of hydrogen-bond donors (Lipinski definition) is 2. The topological polar surface area (TPSA) is 95.1 Å². The van der Waals surface area contributed by atoms with Gasteiger partial charge in [-0.1, -0.05) is 19.3 Å². The standard InChI is InChI=1S/C10H15N3O2/c11-8(14)7-9(12)15-10(13-7)6-4-2-1-3-5-6/h6H,1-5,12H2,(H2,11,14). The first-order valence-corrected chi connectivity index (χ1v) is 5.24. The molecule has 4 N–H and O–H groups in total. The summed E-state index contributed by atoms with van der Waals surface area (Å²) in [5.74, 6) is 0.288. The fourth-order valence-corrected chi connectivity index (χ4v) is 2.05. The molecule has 0 bridgehead atoms. The van der Waals surface area contributed by atoms with Gasteiger partial charge in [0.05, 0.1) is 0 Å². The third-order valence-electron chi connectivity index (χ3n) is 2.86. The van der Waals surface area contributed by atoms with E-state index >= 15 is 0 Å². The number of hydrogen-bond acceptors (Lipinski definition) is 4. The average Bonchev–Trinajstić information content (AvgIpc) is 2.62. The van der Waals surface area contributed by atoms with Crippen molar-refractivity contribution in [2.75, 3.05) is 5.73 Å². The molecule has 1 fully saturated rings. The van der Waals surface area contributed by atoms with Crippen LogP contribution in [-0.2, 0) is 0 Å². The highest BCUT2D eigenvalue weighted by atomic mass is 16.4. The van der Waals surface area contributed by atoms with E-state index < -0.39 is 5.91 Å². The van der Waals surface area contributed by atoms with Crippen LogP contribution in [0.15, 0.2) is 4.42 Å². The largest absolute Gasteiger partial charge is 0.424 e.